The highest BCUT2D eigenvalue weighted by Gasteiger charge is 2.77. The topological polar surface area (TPSA) is 135 Å². The summed E-state index contributed by atoms with van der Waals surface area (Å²) in [6.07, 6.45) is 5.25. The number of unbranched alkanes of at least 4 members (excludes halogenated alkanes) is 2. The van der Waals surface area contributed by atoms with Crippen LogP contribution < -0.4 is 5.32 Å². The van der Waals surface area contributed by atoms with Crippen molar-refractivity contribution >= 4 is 39.6 Å². The molecule has 1 spiro atoms. The molecular formula is C41H60BrN3O8. The third-order valence-corrected chi connectivity index (χ3v) is 11.5. The van der Waals surface area contributed by atoms with Gasteiger partial charge in [0.05, 0.1) is 30.6 Å². The number of halogens is 1. The van der Waals surface area contributed by atoms with Crippen molar-refractivity contribution in [1.82, 2.24) is 15.1 Å². The van der Waals surface area contributed by atoms with E-state index >= 15 is 4.79 Å². The first-order valence-electron chi connectivity index (χ1n) is 18.9. The highest BCUT2D eigenvalue weighted by atomic mass is 79.9. The van der Waals surface area contributed by atoms with Crippen molar-refractivity contribution in [2.45, 2.75) is 120 Å². The van der Waals surface area contributed by atoms with E-state index in [1.807, 2.05) is 49.1 Å². The molecule has 53 heavy (non-hydrogen) atoms. The number of likely N-dealkylation sites (tertiary alicyclic amines) is 1. The lowest BCUT2D eigenvalue weighted by Crippen LogP contribution is -2.61. The Labute approximate surface area is 324 Å². The van der Waals surface area contributed by atoms with Gasteiger partial charge in [-0.05, 0) is 63.4 Å². The van der Waals surface area contributed by atoms with Gasteiger partial charge in [0.1, 0.15) is 17.7 Å². The molecule has 2 N–H and O–H groups in total. The van der Waals surface area contributed by atoms with Gasteiger partial charge in [-0.25, -0.2) is 0 Å². The molecule has 3 heterocycles. The van der Waals surface area contributed by atoms with E-state index in [1.165, 1.54) is 7.11 Å². The molecule has 12 heteroatoms. The highest BCUT2D eigenvalue weighted by Crippen LogP contribution is 2.61. The summed E-state index contributed by atoms with van der Waals surface area (Å²) in [4.78, 5) is 60.5. The van der Waals surface area contributed by atoms with E-state index in [1.54, 1.807) is 17.1 Å². The number of hydrogen-bond acceptors (Lipinski definition) is 8. The zero-order chi connectivity index (χ0) is 39.1. The molecule has 11 nitrogen and oxygen atoms in total. The number of benzene rings is 1. The van der Waals surface area contributed by atoms with Crippen molar-refractivity contribution in [1.29, 1.82) is 0 Å². The third kappa shape index (κ3) is 9.43. The molecule has 3 fully saturated rings. The molecule has 1 aromatic carbocycles. The lowest BCUT2D eigenvalue weighted by atomic mass is 9.70. The number of nitrogens with one attached hydrogen (secondary N) is 1. The van der Waals surface area contributed by atoms with E-state index in [4.69, 9.17) is 14.2 Å². The summed E-state index contributed by atoms with van der Waals surface area (Å²) in [7, 11) is 1.51. The lowest BCUT2D eigenvalue weighted by molar-refractivity contribution is -0.163. The molecule has 1 unspecified atom stereocenters. The fourth-order valence-corrected chi connectivity index (χ4v) is 9.86. The number of rotatable bonds is 20. The normalized spacial score (nSPS) is 26.2. The zero-order valence-electron chi connectivity index (χ0n) is 32.4. The second kappa shape index (κ2) is 18.0. The Balaban J connectivity index is 1.75. The first-order valence-corrected chi connectivity index (χ1v) is 19.8. The Hall–Kier alpha value is -3.06. The van der Waals surface area contributed by atoms with Crippen molar-refractivity contribution < 1.29 is 38.5 Å². The van der Waals surface area contributed by atoms with Crippen LogP contribution in [0, 0.1) is 17.3 Å². The number of methoxy groups -OCH3 is 1. The van der Waals surface area contributed by atoms with E-state index in [9.17, 15) is 19.5 Å². The van der Waals surface area contributed by atoms with E-state index < -0.39 is 53.2 Å². The van der Waals surface area contributed by atoms with Crippen LogP contribution in [0.25, 0.3) is 0 Å². The number of aliphatic hydroxyl groups is 1. The molecule has 3 aliphatic heterocycles. The smallest absolute Gasteiger partial charge is 0.313 e. The Morgan fingerprint density at radius 1 is 1.13 bits per heavy atom. The Bertz CT molecular complexity index is 1460. The summed E-state index contributed by atoms with van der Waals surface area (Å²) in [5, 5.41) is 12.4. The van der Waals surface area contributed by atoms with Gasteiger partial charge in [-0.2, -0.15) is 0 Å². The maximum absolute atomic E-state index is 15.1. The van der Waals surface area contributed by atoms with Crippen molar-refractivity contribution in [3.63, 3.8) is 0 Å². The quantitative estimate of drug-likeness (QED) is 0.0764. The number of nitrogens with zero attached hydrogens (tertiary/aromatic N) is 2. The van der Waals surface area contributed by atoms with Crippen LogP contribution in [0.1, 0.15) is 91.2 Å². The average Bonchev–Trinajstić information content (AvgIpc) is 3.68. The maximum Gasteiger partial charge on any atom is 0.313 e. The number of aliphatic hydroxyl groups excluding tert-OH is 1. The minimum atomic E-state index is -1.28. The summed E-state index contributed by atoms with van der Waals surface area (Å²) in [5.41, 5.74) is -1.32. The maximum atomic E-state index is 15.1. The molecule has 3 amide bonds. The predicted octanol–water partition coefficient (Wildman–Crippen LogP) is 5.51. The monoisotopic (exact) mass is 801 g/mol. The third-order valence-electron chi connectivity index (χ3n) is 10.6. The second-order valence-electron chi connectivity index (χ2n) is 16.5. The van der Waals surface area contributed by atoms with Crippen LogP contribution >= 0.6 is 15.9 Å². The molecular weight excluding hydrogens is 742 g/mol. The number of fused-ring (bicyclic) bond motifs is 1. The summed E-state index contributed by atoms with van der Waals surface area (Å²) < 4.78 is 18.7. The van der Waals surface area contributed by atoms with Crippen LogP contribution in [0.5, 0.6) is 0 Å². The molecule has 3 aliphatic rings. The van der Waals surface area contributed by atoms with Crippen LogP contribution in [0.4, 0.5) is 0 Å². The van der Waals surface area contributed by atoms with Gasteiger partial charge in [-0.1, -0.05) is 79.2 Å². The minimum absolute atomic E-state index is 0.0301. The summed E-state index contributed by atoms with van der Waals surface area (Å²) in [5.74, 6) is -3.41. The Kier molecular flexibility index (Phi) is 14.5. The zero-order valence-corrected chi connectivity index (χ0v) is 33.9. The van der Waals surface area contributed by atoms with Crippen molar-refractivity contribution in [2.75, 3.05) is 33.4 Å². The standard InChI is InChI=1S/C41H60BrN3O8/c1-9-11-20-30(47)43-29(25-51-8)33(27-18-14-12-15-19-27)52-38(50)31-32-36(48)44(22-16-13-17-23-46)35(41(32)24-28(42)34(31)53-41)37(49)45(21-10-2)40(6,7)26-39(3,4)5/h9-10,12,14-15,18-19,28-29,31-35,46H,1-2,11,13,16-17,20-26H2,3-8H3,(H,43,47)/t28?,29-,31-,32+,33-,34-,35-,41+/m0/s1. The number of esters is 1. The van der Waals surface area contributed by atoms with Gasteiger partial charge in [0, 0.05) is 43.6 Å². The molecule has 2 bridgehead atoms. The average molecular weight is 803 g/mol. The van der Waals surface area contributed by atoms with E-state index in [-0.39, 0.29) is 60.7 Å². The molecule has 3 saturated heterocycles. The molecule has 0 aliphatic carbocycles. The van der Waals surface area contributed by atoms with Gasteiger partial charge >= 0.3 is 5.97 Å². The summed E-state index contributed by atoms with van der Waals surface area (Å²) in [6, 6.07) is 7.43. The van der Waals surface area contributed by atoms with Gasteiger partial charge < -0.3 is 34.4 Å². The summed E-state index contributed by atoms with van der Waals surface area (Å²) >= 11 is 3.78. The van der Waals surface area contributed by atoms with Gasteiger partial charge in [0.25, 0.3) is 0 Å². The molecule has 0 aromatic heterocycles. The van der Waals surface area contributed by atoms with Crippen LogP contribution in [-0.2, 0) is 33.4 Å². The number of amides is 3. The lowest BCUT2D eigenvalue weighted by Gasteiger charge is -2.45. The van der Waals surface area contributed by atoms with Crippen molar-refractivity contribution in [3.8, 4) is 0 Å². The first-order chi connectivity index (χ1) is 25.1. The van der Waals surface area contributed by atoms with Crippen LogP contribution in [-0.4, -0.2) is 106 Å². The number of hydrogen-bond donors (Lipinski definition) is 2. The van der Waals surface area contributed by atoms with E-state index in [0.717, 1.165) is 0 Å². The van der Waals surface area contributed by atoms with Gasteiger partial charge in [0.15, 0.2) is 0 Å². The molecule has 4 rings (SSSR count). The number of carbonyl (C=O) groups is 4. The van der Waals surface area contributed by atoms with Crippen molar-refractivity contribution in [2.24, 2.45) is 17.3 Å². The Morgan fingerprint density at radius 2 is 1.83 bits per heavy atom. The second-order valence-corrected chi connectivity index (χ2v) is 17.7. The molecule has 0 saturated carbocycles. The van der Waals surface area contributed by atoms with Crippen LogP contribution in [0.3, 0.4) is 0 Å². The minimum Gasteiger partial charge on any atom is -0.455 e. The SMILES string of the molecule is C=CCCC(=O)N[C@@H](COC)[C@@H](OC(=O)[C@@H]1[C@H]2O[C@@]3(CC2Br)[C@H](C(=O)N(CC=C)C(C)(C)CC(C)(C)C)N(CCCCCO)C(=O)[C@@H]13)c1ccccc1. The fourth-order valence-electron chi connectivity index (χ4n) is 8.92. The number of alkyl halides is 1. The van der Waals surface area contributed by atoms with Gasteiger partial charge in [0.2, 0.25) is 17.7 Å². The number of carbonyl (C=O) groups excluding carboxylic acids is 4. The highest BCUT2D eigenvalue weighted by molar-refractivity contribution is 9.09. The largest absolute Gasteiger partial charge is 0.455 e. The molecule has 8 atom stereocenters. The van der Waals surface area contributed by atoms with Crippen molar-refractivity contribution in [3.05, 3.63) is 61.2 Å². The van der Waals surface area contributed by atoms with E-state index in [2.05, 4.69) is 55.2 Å². The molecule has 1 aromatic rings. The molecule has 0 radical (unpaired) electrons. The van der Waals surface area contributed by atoms with E-state index in [0.29, 0.717) is 44.1 Å². The first kappa shape index (κ1) is 42.7. The van der Waals surface area contributed by atoms with Gasteiger partial charge in [-0.15, -0.1) is 13.2 Å². The van der Waals surface area contributed by atoms with Crippen LogP contribution in [0.2, 0.25) is 0 Å². The number of allylic oxidation sites excluding steroid dienone is 1. The fraction of sp³-hybridized carbons (Fsp3) is 0.659. The summed E-state index contributed by atoms with van der Waals surface area (Å²) in [6.45, 7) is 18.8. The predicted molar refractivity (Wildman–Crippen MR) is 207 cm³/mol. The Morgan fingerprint density at radius 3 is 2.43 bits per heavy atom. The number of ether oxygens (including phenoxy) is 3. The van der Waals surface area contributed by atoms with Crippen LogP contribution in [0.15, 0.2) is 55.6 Å². The van der Waals surface area contributed by atoms with Gasteiger partial charge in [-0.3, -0.25) is 19.2 Å². The molecule has 294 valence electrons.